The topological polar surface area (TPSA) is 47.3 Å². The van der Waals surface area contributed by atoms with Gasteiger partial charge < -0.3 is 4.74 Å². The molecule has 1 saturated heterocycles. The lowest BCUT2D eigenvalue weighted by molar-refractivity contribution is 0.181. The fourth-order valence-corrected chi connectivity index (χ4v) is 3.31. The van der Waals surface area contributed by atoms with Crippen molar-refractivity contribution in [2.75, 3.05) is 13.2 Å². The second kappa shape index (κ2) is 6.04. The number of nitrogens with one attached hydrogen (secondary N) is 1. The predicted octanol–water partition coefficient (Wildman–Crippen LogP) is 2.89. The summed E-state index contributed by atoms with van der Waals surface area (Å²) >= 11 is 0. The van der Waals surface area contributed by atoms with Crippen LogP contribution in [-0.4, -0.2) is 13.2 Å². The number of benzene rings is 1. The second-order valence-corrected chi connectivity index (χ2v) is 5.94. The molecule has 3 nitrogen and oxygen atoms in total. The number of hydrogen-bond acceptors (Lipinski definition) is 3. The average Bonchev–Trinajstić information content (AvgIpc) is 2.88. The van der Waals surface area contributed by atoms with E-state index in [0.717, 1.165) is 25.6 Å². The van der Waals surface area contributed by atoms with Gasteiger partial charge in [-0.05, 0) is 48.6 Å². The van der Waals surface area contributed by atoms with E-state index >= 15 is 0 Å². The quantitative estimate of drug-likeness (QED) is 0.632. The molecule has 1 aromatic carbocycles. The Morgan fingerprint density at radius 3 is 2.74 bits per heavy atom. The lowest BCUT2D eigenvalue weighted by Crippen LogP contribution is -2.31. The maximum Gasteiger partial charge on any atom is 0.0495 e. The van der Waals surface area contributed by atoms with E-state index in [-0.39, 0.29) is 6.04 Å². The first-order valence-corrected chi connectivity index (χ1v) is 7.51. The Bertz CT molecular complexity index is 411. The molecule has 2 atom stereocenters. The van der Waals surface area contributed by atoms with Gasteiger partial charge in [0.1, 0.15) is 0 Å². The summed E-state index contributed by atoms with van der Waals surface area (Å²) in [4.78, 5) is 0. The Balaban J connectivity index is 1.77. The van der Waals surface area contributed by atoms with Gasteiger partial charge in [-0.1, -0.05) is 30.7 Å². The zero-order chi connectivity index (χ0) is 13.1. The van der Waals surface area contributed by atoms with Crippen LogP contribution in [0.2, 0.25) is 0 Å². The molecule has 3 heteroatoms. The van der Waals surface area contributed by atoms with Crippen molar-refractivity contribution in [2.24, 2.45) is 11.8 Å². The smallest absolute Gasteiger partial charge is 0.0495 e. The second-order valence-electron chi connectivity index (χ2n) is 5.94. The molecule has 0 radical (unpaired) electrons. The average molecular weight is 260 g/mol. The van der Waals surface area contributed by atoms with Crippen LogP contribution in [0.5, 0.6) is 0 Å². The molecule has 1 aliphatic carbocycles. The maximum absolute atomic E-state index is 5.82. The van der Waals surface area contributed by atoms with Crippen molar-refractivity contribution < 1.29 is 4.74 Å². The van der Waals surface area contributed by atoms with E-state index in [0.29, 0.717) is 5.92 Å². The van der Waals surface area contributed by atoms with Gasteiger partial charge >= 0.3 is 0 Å². The molecule has 1 aliphatic heterocycles. The normalized spacial score (nSPS) is 25.2. The Morgan fingerprint density at radius 1 is 1.26 bits per heavy atom. The molecule has 2 unspecified atom stereocenters. The van der Waals surface area contributed by atoms with Crippen molar-refractivity contribution >= 4 is 0 Å². The molecule has 19 heavy (non-hydrogen) atoms. The van der Waals surface area contributed by atoms with Crippen molar-refractivity contribution in [2.45, 2.75) is 44.1 Å². The van der Waals surface area contributed by atoms with E-state index in [2.05, 4.69) is 29.7 Å². The summed E-state index contributed by atoms with van der Waals surface area (Å²) in [5.74, 6) is 7.23. The molecular weight excluding hydrogens is 236 g/mol. The van der Waals surface area contributed by atoms with E-state index in [9.17, 15) is 0 Å². The first-order valence-electron chi connectivity index (χ1n) is 7.51. The lowest BCUT2D eigenvalue weighted by Gasteiger charge is -2.31. The summed E-state index contributed by atoms with van der Waals surface area (Å²) < 4.78 is 5.48. The summed E-state index contributed by atoms with van der Waals surface area (Å²) in [7, 11) is 0. The Morgan fingerprint density at radius 2 is 2.11 bits per heavy atom. The molecule has 104 valence electrons. The first kappa shape index (κ1) is 13.1. The maximum atomic E-state index is 5.82. The minimum Gasteiger partial charge on any atom is -0.381 e. The standard InChI is InChI=1S/C16H24N2O/c17-18-16(10-12-8-9-19-11-12)15-7-2-1-6-14(15)13-4-3-5-13/h1-2,6-7,12-13,16,18H,3-5,8-11,17H2. The molecule has 0 amide bonds. The van der Waals surface area contributed by atoms with Gasteiger partial charge in [0.05, 0.1) is 0 Å². The summed E-state index contributed by atoms with van der Waals surface area (Å²) in [5, 5.41) is 0. The Hall–Kier alpha value is -0.900. The molecular formula is C16H24N2O. The molecule has 1 aromatic rings. The monoisotopic (exact) mass is 260 g/mol. The number of hydrazine groups is 1. The van der Waals surface area contributed by atoms with Crippen LogP contribution in [-0.2, 0) is 4.74 Å². The van der Waals surface area contributed by atoms with E-state index in [1.54, 1.807) is 0 Å². The zero-order valence-electron chi connectivity index (χ0n) is 11.5. The van der Waals surface area contributed by atoms with Gasteiger partial charge in [-0.15, -0.1) is 0 Å². The highest BCUT2D eigenvalue weighted by molar-refractivity contribution is 5.34. The molecule has 0 bridgehead atoms. The highest BCUT2D eigenvalue weighted by Crippen LogP contribution is 2.40. The molecule has 2 aliphatic rings. The largest absolute Gasteiger partial charge is 0.381 e. The minimum absolute atomic E-state index is 0.267. The molecule has 0 aromatic heterocycles. The number of ether oxygens (including phenoxy) is 1. The van der Waals surface area contributed by atoms with Gasteiger partial charge in [0.2, 0.25) is 0 Å². The summed E-state index contributed by atoms with van der Waals surface area (Å²) in [6.07, 6.45) is 6.29. The van der Waals surface area contributed by atoms with Gasteiger partial charge in [0.25, 0.3) is 0 Å². The Labute approximate surface area is 115 Å². The number of nitrogens with two attached hydrogens (primary N) is 1. The van der Waals surface area contributed by atoms with Crippen molar-refractivity contribution in [3.05, 3.63) is 35.4 Å². The van der Waals surface area contributed by atoms with Crippen LogP contribution in [0.3, 0.4) is 0 Å². The molecule has 3 N–H and O–H groups in total. The van der Waals surface area contributed by atoms with E-state index < -0.39 is 0 Å². The van der Waals surface area contributed by atoms with Crippen LogP contribution in [0.1, 0.15) is 55.2 Å². The summed E-state index contributed by atoms with van der Waals surface area (Å²) in [6.45, 7) is 1.80. The number of rotatable bonds is 5. The highest BCUT2D eigenvalue weighted by atomic mass is 16.5. The third-order valence-electron chi connectivity index (χ3n) is 4.71. The van der Waals surface area contributed by atoms with Crippen LogP contribution in [0.15, 0.2) is 24.3 Å². The third kappa shape index (κ3) is 2.83. The predicted molar refractivity (Wildman–Crippen MR) is 76.6 cm³/mol. The third-order valence-corrected chi connectivity index (χ3v) is 4.71. The zero-order valence-corrected chi connectivity index (χ0v) is 11.5. The van der Waals surface area contributed by atoms with Crippen molar-refractivity contribution in [3.63, 3.8) is 0 Å². The van der Waals surface area contributed by atoms with Crippen LogP contribution < -0.4 is 11.3 Å². The fraction of sp³-hybridized carbons (Fsp3) is 0.625. The van der Waals surface area contributed by atoms with E-state index in [1.807, 2.05) is 0 Å². The van der Waals surface area contributed by atoms with Gasteiger partial charge in [0, 0.05) is 19.3 Å². The van der Waals surface area contributed by atoms with E-state index in [4.69, 9.17) is 10.6 Å². The van der Waals surface area contributed by atoms with Crippen LogP contribution >= 0.6 is 0 Å². The molecule has 3 rings (SSSR count). The minimum atomic E-state index is 0.267. The van der Waals surface area contributed by atoms with Crippen LogP contribution in [0.4, 0.5) is 0 Å². The lowest BCUT2D eigenvalue weighted by atomic mass is 9.76. The van der Waals surface area contributed by atoms with Gasteiger partial charge in [-0.3, -0.25) is 11.3 Å². The van der Waals surface area contributed by atoms with Crippen molar-refractivity contribution in [3.8, 4) is 0 Å². The number of hydrogen-bond donors (Lipinski definition) is 2. The molecule has 2 fully saturated rings. The summed E-state index contributed by atoms with van der Waals surface area (Å²) in [5.41, 5.74) is 5.95. The highest BCUT2D eigenvalue weighted by Gasteiger charge is 2.27. The van der Waals surface area contributed by atoms with E-state index in [1.165, 1.54) is 36.8 Å². The van der Waals surface area contributed by atoms with Crippen LogP contribution in [0.25, 0.3) is 0 Å². The molecule has 0 spiro atoms. The van der Waals surface area contributed by atoms with Gasteiger partial charge in [-0.25, -0.2) is 0 Å². The van der Waals surface area contributed by atoms with Gasteiger partial charge in [-0.2, -0.15) is 0 Å². The first-order chi connectivity index (χ1) is 9.38. The molecule has 1 heterocycles. The van der Waals surface area contributed by atoms with Crippen molar-refractivity contribution in [1.82, 2.24) is 5.43 Å². The van der Waals surface area contributed by atoms with Crippen LogP contribution in [0, 0.1) is 5.92 Å². The molecule has 1 saturated carbocycles. The Kier molecular flexibility index (Phi) is 4.16. The fourth-order valence-electron chi connectivity index (χ4n) is 3.31. The summed E-state index contributed by atoms with van der Waals surface area (Å²) in [6, 6.07) is 9.09. The van der Waals surface area contributed by atoms with Crippen molar-refractivity contribution in [1.29, 1.82) is 0 Å². The van der Waals surface area contributed by atoms with Gasteiger partial charge in [0.15, 0.2) is 0 Å². The SMILES string of the molecule is NNC(CC1CCOC1)c1ccccc1C1CCC1.